The van der Waals surface area contributed by atoms with Crippen LogP contribution in [0.2, 0.25) is 0 Å². The predicted octanol–water partition coefficient (Wildman–Crippen LogP) is 2.76. The molecule has 1 heterocycles. The van der Waals surface area contributed by atoms with Gasteiger partial charge >= 0.3 is 5.97 Å². The Labute approximate surface area is 124 Å². The minimum absolute atomic E-state index is 0.348. The van der Waals surface area contributed by atoms with Crippen molar-refractivity contribution in [1.82, 2.24) is 9.78 Å². The van der Waals surface area contributed by atoms with Crippen molar-refractivity contribution < 1.29 is 9.53 Å². The van der Waals surface area contributed by atoms with Crippen molar-refractivity contribution in [3.8, 4) is 5.69 Å². The first-order valence-electron chi connectivity index (χ1n) is 7.25. The highest BCUT2D eigenvalue weighted by Crippen LogP contribution is 2.22. The first-order valence-corrected chi connectivity index (χ1v) is 7.25. The molecule has 21 heavy (non-hydrogen) atoms. The zero-order valence-corrected chi connectivity index (χ0v) is 12.7. The first kappa shape index (κ1) is 15.1. The lowest BCUT2D eigenvalue weighted by Gasteiger charge is -2.11. The highest BCUT2D eigenvalue weighted by molar-refractivity contribution is 5.91. The molecule has 2 N–H and O–H groups in total. The van der Waals surface area contributed by atoms with E-state index in [9.17, 15) is 4.79 Å². The Balaban J connectivity index is 2.50. The van der Waals surface area contributed by atoms with Gasteiger partial charge in [0.2, 0.25) is 0 Å². The van der Waals surface area contributed by atoms with Gasteiger partial charge in [0, 0.05) is 5.69 Å². The van der Waals surface area contributed by atoms with E-state index in [0.29, 0.717) is 17.9 Å². The molecular formula is C16H21N3O2. The second-order valence-electron chi connectivity index (χ2n) is 4.74. The molecule has 0 unspecified atom stereocenters. The zero-order valence-electron chi connectivity index (χ0n) is 12.7. The third-order valence-electron chi connectivity index (χ3n) is 3.33. The van der Waals surface area contributed by atoms with Crippen LogP contribution in [0.25, 0.3) is 5.69 Å². The first-order chi connectivity index (χ1) is 10.1. The van der Waals surface area contributed by atoms with Gasteiger partial charge in [-0.3, -0.25) is 0 Å². The fraction of sp³-hybridized carbons (Fsp3) is 0.375. The summed E-state index contributed by atoms with van der Waals surface area (Å²) >= 11 is 0. The highest BCUT2D eigenvalue weighted by atomic mass is 16.5. The lowest BCUT2D eigenvalue weighted by molar-refractivity contribution is 0.0526. The van der Waals surface area contributed by atoms with Crippen molar-refractivity contribution in [2.75, 3.05) is 12.3 Å². The molecule has 0 saturated heterocycles. The molecule has 0 saturated carbocycles. The summed E-state index contributed by atoms with van der Waals surface area (Å²) < 4.78 is 6.85. The third-order valence-corrected chi connectivity index (χ3v) is 3.33. The molecule has 0 bridgehead atoms. The van der Waals surface area contributed by atoms with E-state index in [1.165, 1.54) is 0 Å². The van der Waals surface area contributed by atoms with Crippen molar-refractivity contribution in [3.63, 3.8) is 0 Å². The second-order valence-corrected chi connectivity index (χ2v) is 4.74. The number of carbonyl (C=O) groups excluding carboxylic acids is 1. The number of rotatable bonds is 5. The number of anilines is 1. The van der Waals surface area contributed by atoms with Crippen LogP contribution in [-0.2, 0) is 17.6 Å². The Hall–Kier alpha value is -2.30. The fourth-order valence-corrected chi connectivity index (χ4v) is 2.18. The molecule has 0 atom stereocenters. The summed E-state index contributed by atoms with van der Waals surface area (Å²) in [7, 11) is 0. The van der Waals surface area contributed by atoms with Crippen molar-refractivity contribution in [2.24, 2.45) is 0 Å². The van der Waals surface area contributed by atoms with Gasteiger partial charge in [0.15, 0.2) is 0 Å². The topological polar surface area (TPSA) is 70.1 Å². The van der Waals surface area contributed by atoms with Crippen molar-refractivity contribution in [3.05, 3.63) is 41.2 Å². The average Bonchev–Trinajstić information content (AvgIpc) is 2.91. The minimum Gasteiger partial charge on any atom is -0.462 e. The summed E-state index contributed by atoms with van der Waals surface area (Å²) in [6, 6.07) is 7.19. The molecule has 0 amide bonds. The lowest BCUT2D eigenvalue weighted by atomic mass is 10.1. The maximum atomic E-state index is 11.9. The van der Waals surface area contributed by atoms with Crippen molar-refractivity contribution in [1.29, 1.82) is 0 Å². The van der Waals surface area contributed by atoms with Crippen LogP contribution in [0, 0.1) is 0 Å². The molecule has 1 aromatic heterocycles. The second kappa shape index (κ2) is 6.43. The van der Waals surface area contributed by atoms with E-state index >= 15 is 0 Å². The number of nitrogen functional groups attached to an aromatic ring is 1. The monoisotopic (exact) mass is 287 g/mol. The molecule has 0 radical (unpaired) electrons. The van der Waals surface area contributed by atoms with Crippen LogP contribution in [-0.4, -0.2) is 22.4 Å². The molecule has 0 fully saturated rings. The number of esters is 1. The molecule has 5 heteroatoms. The van der Waals surface area contributed by atoms with Gasteiger partial charge in [0.05, 0.1) is 29.2 Å². The number of hydrogen-bond acceptors (Lipinski definition) is 4. The molecule has 0 spiro atoms. The van der Waals surface area contributed by atoms with Crippen molar-refractivity contribution in [2.45, 2.75) is 33.6 Å². The van der Waals surface area contributed by atoms with E-state index in [1.807, 2.05) is 4.68 Å². The molecule has 1 aromatic carbocycles. The summed E-state index contributed by atoms with van der Waals surface area (Å²) in [6.07, 6.45) is 1.70. The summed E-state index contributed by atoms with van der Waals surface area (Å²) in [4.78, 5) is 11.9. The SMILES string of the molecule is CCOC(=O)c1ccc(N)c(-n2nc(CC)cc2CC)c1. The molecule has 0 aliphatic rings. The minimum atomic E-state index is -0.348. The average molecular weight is 287 g/mol. The number of nitrogens with two attached hydrogens (primary N) is 1. The summed E-state index contributed by atoms with van der Waals surface area (Å²) in [5.41, 5.74) is 9.92. The number of hydrogen-bond donors (Lipinski definition) is 1. The largest absolute Gasteiger partial charge is 0.462 e. The van der Waals surface area contributed by atoms with E-state index < -0.39 is 0 Å². The van der Waals surface area contributed by atoms with E-state index in [-0.39, 0.29) is 5.97 Å². The van der Waals surface area contributed by atoms with Crippen LogP contribution >= 0.6 is 0 Å². The Kier molecular flexibility index (Phi) is 4.62. The third kappa shape index (κ3) is 3.07. The van der Waals surface area contributed by atoms with Crippen LogP contribution in [0.15, 0.2) is 24.3 Å². The quantitative estimate of drug-likeness (QED) is 0.678. The number of ether oxygens (including phenoxy) is 1. The summed E-state index contributed by atoms with van der Waals surface area (Å²) in [6.45, 7) is 6.26. The maximum Gasteiger partial charge on any atom is 0.338 e. The van der Waals surface area contributed by atoms with E-state index in [4.69, 9.17) is 10.5 Å². The number of aromatic nitrogens is 2. The van der Waals surface area contributed by atoms with Gasteiger partial charge in [0.1, 0.15) is 0 Å². The molecular weight excluding hydrogens is 266 g/mol. The van der Waals surface area contributed by atoms with Gasteiger partial charge in [0.25, 0.3) is 0 Å². The summed E-state index contributed by atoms with van der Waals surface area (Å²) in [5.74, 6) is -0.348. The smallest absolute Gasteiger partial charge is 0.338 e. The van der Waals surface area contributed by atoms with Gasteiger partial charge < -0.3 is 10.5 Å². The van der Waals surface area contributed by atoms with Crippen LogP contribution in [0.5, 0.6) is 0 Å². The van der Waals surface area contributed by atoms with E-state index in [1.54, 1.807) is 25.1 Å². The number of benzene rings is 1. The lowest BCUT2D eigenvalue weighted by Crippen LogP contribution is -2.09. The van der Waals surface area contributed by atoms with E-state index in [2.05, 4.69) is 25.0 Å². The van der Waals surface area contributed by atoms with Gasteiger partial charge in [-0.2, -0.15) is 5.10 Å². The molecule has 2 aromatic rings. The Morgan fingerprint density at radius 1 is 1.24 bits per heavy atom. The predicted molar refractivity (Wildman–Crippen MR) is 82.7 cm³/mol. The van der Waals surface area contributed by atoms with Gasteiger partial charge in [-0.15, -0.1) is 0 Å². The van der Waals surface area contributed by atoms with Crippen LogP contribution < -0.4 is 5.73 Å². The van der Waals surface area contributed by atoms with Gasteiger partial charge in [-0.25, -0.2) is 9.48 Å². The Morgan fingerprint density at radius 2 is 2.00 bits per heavy atom. The summed E-state index contributed by atoms with van der Waals surface area (Å²) in [5, 5.41) is 4.56. The molecule has 112 valence electrons. The zero-order chi connectivity index (χ0) is 15.4. The molecule has 0 aliphatic carbocycles. The Morgan fingerprint density at radius 3 is 2.62 bits per heavy atom. The molecule has 5 nitrogen and oxygen atoms in total. The normalized spacial score (nSPS) is 10.6. The number of nitrogens with zero attached hydrogens (tertiary/aromatic N) is 2. The fourth-order valence-electron chi connectivity index (χ4n) is 2.18. The molecule has 0 aliphatic heterocycles. The standard InChI is InChI=1S/C16H21N3O2/c1-4-12-10-13(5-2)19(18-12)15-9-11(7-8-14(15)17)16(20)21-6-3/h7-10H,4-6,17H2,1-3H3. The van der Waals surface area contributed by atoms with Crippen LogP contribution in [0.1, 0.15) is 42.5 Å². The van der Waals surface area contributed by atoms with E-state index in [0.717, 1.165) is 29.9 Å². The number of carbonyl (C=O) groups is 1. The number of aryl methyl sites for hydroxylation is 2. The van der Waals surface area contributed by atoms with Crippen LogP contribution in [0.3, 0.4) is 0 Å². The van der Waals surface area contributed by atoms with Gasteiger partial charge in [-0.1, -0.05) is 13.8 Å². The van der Waals surface area contributed by atoms with Gasteiger partial charge in [-0.05, 0) is 44.0 Å². The molecule has 2 rings (SSSR count). The maximum absolute atomic E-state index is 11.9. The highest BCUT2D eigenvalue weighted by Gasteiger charge is 2.14. The van der Waals surface area contributed by atoms with Crippen molar-refractivity contribution >= 4 is 11.7 Å². The Bertz CT molecular complexity index is 647. The van der Waals surface area contributed by atoms with Crippen LogP contribution in [0.4, 0.5) is 5.69 Å².